The molecule has 16 heavy (non-hydrogen) atoms. The number of hydrogen-bond donors (Lipinski definition) is 2. The molecule has 96 valence electrons. The van der Waals surface area contributed by atoms with Crippen molar-refractivity contribution in [3.05, 3.63) is 0 Å². The first-order valence-electron chi connectivity index (χ1n) is 6.24. The summed E-state index contributed by atoms with van der Waals surface area (Å²) < 4.78 is 5.41. The molecule has 0 spiro atoms. The van der Waals surface area contributed by atoms with E-state index in [9.17, 15) is 4.79 Å². The molecule has 0 aliphatic rings. The SMILES string of the molecule is CCCCOCCCNCC(=O)NC(C)C. The van der Waals surface area contributed by atoms with Crippen LogP contribution in [0.2, 0.25) is 0 Å². The van der Waals surface area contributed by atoms with Gasteiger partial charge in [-0.05, 0) is 33.2 Å². The molecule has 0 aromatic rings. The number of amides is 1. The second-order valence-electron chi connectivity index (χ2n) is 4.22. The highest BCUT2D eigenvalue weighted by atomic mass is 16.5. The van der Waals surface area contributed by atoms with Crippen LogP contribution in [0.25, 0.3) is 0 Å². The maximum Gasteiger partial charge on any atom is 0.234 e. The Hall–Kier alpha value is -0.610. The fourth-order valence-corrected chi connectivity index (χ4v) is 1.22. The van der Waals surface area contributed by atoms with Gasteiger partial charge in [-0.2, -0.15) is 0 Å². The summed E-state index contributed by atoms with van der Waals surface area (Å²) in [6, 6.07) is 0.215. The van der Waals surface area contributed by atoms with Crippen molar-refractivity contribution in [3.8, 4) is 0 Å². The molecule has 0 atom stereocenters. The van der Waals surface area contributed by atoms with E-state index in [2.05, 4.69) is 17.6 Å². The van der Waals surface area contributed by atoms with Gasteiger partial charge in [0.2, 0.25) is 5.91 Å². The number of ether oxygens (including phenoxy) is 1. The molecule has 0 saturated heterocycles. The highest BCUT2D eigenvalue weighted by Crippen LogP contribution is 1.88. The number of carbonyl (C=O) groups excluding carboxylic acids is 1. The van der Waals surface area contributed by atoms with E-state index in [4.69, 9.17) is 4.74 Å². The zero-order valence-electron chi connectivity index (χ0n) is 10.8. The molecule has 0 heterocycles. The molecular weight excluding hydrogens is 204 g/mol. The molecular formula is C12H26N2O2. The Morgan fingerprint density at radius 3 is 2.56 bits per heavy atom. The third kappa shape index (κ3) is 11.5. The fourth-order valence-electron chi connectivity index (χ4n) is 1.22. The predicted octanol–water partition coefficient (Wildman–Crippen LogP) is 1.31. The maximum absolute atomic E-state index is 11.2. The number of hydrogen-bond acceptors (Lipinski definition) is 3. The summed E-state index contributed by atoms with van der Waals surface area (Å²) in [5.41, 5.74) is 0. The van der Waals surface area contributed by atoms with Crippen molar-refractivity contribution >= 4 is 5.91 Å². The van der Waals surface area contributed by atoms with Crippen LogP contribution in [0.1, 0.15) is 40.0 Å². The van der Waals surface area contributed by atoms with Gasteiger partial charge in [-0.3, -0.25) is 4.79 Å². The van der Waals surface area contributed by atoms with E-state index >= 15 is 0 Å². The Labute approximate surface area is 99.1 Å². The van der Waals surface area contributed by atoms with Crippen LogP contribution in [0.5, 0.6) is 0 Å². The van der Waals surface area contributed by atoms with Gasteiger partial charge < -0.3 is 15.4 Å². The molecule has 2 N–H and O–H groups in total. The first-order valence-corrected chi connectivity index (χ1v) is 6.24. The highest BCUT2D eigenvalue weighted by molar-refractivity contribution is 5.78. The minimum absolute atomic E-state index is 0.0573. The van der Waals surface area contributed by atoms with Gasteiger partial charge in [0, 0.05) is 19.3 Å². The number of unbranched alkanes of at least 4 members (excludes halogenated alkanes) is 1. The van der Waals surface area contributed by atoms with Crippen LogP contribution in [0, 0.1) is 0 Å². The van der Waals surface area contributed by atoms with E-state index in [0.717, 1.165) is 32.6 Å². The van der Waals surface area contributed by atoms with Crippen LogP contribution in [0.4, 0.5) is 0 Å². The molecule has 4 heteroatoms. The lowest BCUT2D eigenvalue weighted by molar-refractivity contribution is -0.120. The van der Waals surface area contributed by atoms with Crippen LogP contribution >= 0.6 is 0 Å². The van der Waals surface area contributed by atoms with Crippen molar-refractivity contribution in [2.75, 3.05) is 26.3 Å². The second kappa shape index (κ2) is 10.9. The first kappa shape index (κ1) is 15.4. The lowest BCUT2D eigenvalue weighted by Crippen LogP contribution is -2.38. The number of carbonyl (C=O) groups is 1. The highest BCUT2D eigenvalue weighted by Gasteiger charge is 2.01. The summed E-state index contributed by atoms with van der Waals surface area (Å²) in [5, 5.41) is 5.92. The molecule has 0 unspecified atom stereocenters. The fraction of sp³-hybridized carbons (Fsp3) is 0.917. The zero-order valence-corrected chi connectivity index (χ0v) is 10.8. The lowest BCUT2D eigenvalue weighted by Gasteiger charge is -2.09. The number of rotatable bonds is 10. The average molecular weight is 230 g/mol. The molecule has 1 amide bonds. The van der Waals surface area contributed by atoms with E-state index in [1.54, 1.807) is 0 Å². The van der Waals surface area contributed by atoms with Gasteiger partial charge in [0.15, 0.2) is 0 Å². The Bertz CT molecular complexity index is 172. The van der Waals surface area contributed by atoms with Gasteiger partial charge >= 0.3 is 0 Å². The molecule has 0 aliphatic carbocycles. The quantitative estimate of drug-likeness (QED) is 0.556. The summed E-state index contributed by atoms with van der Waals surface area (Å²) in [4.78, 5) is 11.2. The van der Waals surface area contributed by atoms with Crippen LogP contribution in [-0.4, -0.2) is 38.3 Å². The van der Waals surface area contributed by atoms with Crippen molar-refractivity contribution < 1.29 is 9.53 Å². The van der Waals surface area contributed by atoms with E-state index in [1.807, 2.05) is 13.8 Å². The predicted molar refractivity (Wildman–Crippen MR) is 66.5 cm³/mol. The maximum atomic E-state index is 11.2. The van der Waals surface area contributed by atoms with Crippen LogP contribution in [0.15, 0.2) is 0 Å². The van der Waals surface area contributed by atoms with Crippen molar-refractivity contribution in [1.82, 2.24) is 10.6 Å². The van der Waals surface area contributed by atoms with Crippen molar-refractivity contribution in [3.63, 3.8) is 0 Å². The molecule has 0 aliphatic heterocycles. The standard InChI is InChI=1S/C12H26N2O2/c1-4-5-8-16-9-6-7-13-10-12(15)14-11(2)3/h11,13H,4-10H2,1-3H3,(H,14,15). The molecule has 0 rings (SSSR count). The lowest BCUT2D eigenvalue weighted by atomic mass is 10.3. The normalized spacial score (nSPS) is 10.8. The topological polar surface area (TPSA) is 50.4 Å². The molecule has 0 saturated carbocycles. The first-order chi connectivity index (χ1) is 7.66. The molecule has 0 fully saturated rings. The van der Waals surface area contributed by atoms with E-state index in [1.165, 1.54) is 6.42 Å². The monoisotopic (exact) mass is 230 g/mol. The Morgan fingerprint density at radius 2 is 1.94 bits per heavy atom. The molecule has 4 nitrogen and oxygen atoms in total. The minimum atomic E-state index is 0.0573. The second-order valence-corrected chi connectivity index (χ2v) is 4.22. The van der Waals surface area contributed by atoms with Gasteiger partial charge in [0.1, 0.15) is 0 Å². The van der Waals surface area contributed by atoms with E-state index in [-0.39, 0.29) is 11.9 Å². The van der Waals surface area contributed by atoms with Crippen LogP contribution in [-0.2, 0) is 9.53 Å². The van der Waals surface area contributed by atoms with Crippen molar-refractivity contribution in [2.24, 2.45) is 0 Å². The van der Waals surface area contributed by atoms with Crippen LogP contribution < -0.4 is 10.6 Å². The van der Waals surface area contributed by atoms with Crippen molar-refractivity contribution in [1.29, 1.82) is 0 Å². The Kier molecular flexibility index (Phi) is 10.5. The Morgan fingerprint density at radius 1 is 1.25 bits per heavy atom. The largest absolute Gasteiger partial charge is 0.381 e. The third-order valence-corrected chi connectivity index (χ3v) is 2.02. The molecule has 0 aromatic carbocycles. The summed E-state index contributed by atoms with van der Waals surface area (Å²) in [6.07, 6.45) is 3.26. The van der Waals surface area contributed by atoms with Gasteiger partial charge in [-0.15, -0.1) is 0 Å². The van der Waals surface area contributed by atoms with E-state index in [0.29, 0.717) is 6.54 Å². The average Bonchev–Trinajstić information content (AvgIpc) is 2.21. The summed E-state index contributed by atoms with van der Waals surface area (Å²) in [5.74, 6) is 0.0573. The zero-order chi connectivity index (χ0) is 12.2. The smallest absolute Gasteiger partial charge is 0.234 e. The molecule has 0 bridgehead atoms. The van der Waals surface area contributed by atoms with E-state index < -0.39 is 0 Å². The summed E-state index contributed by atoms with van der Waals surface area (Å²) >= 11 is 0. The van der Waals surface area contributed by atoms with Crippen LogP contribution in [0.3, 0.4) is 0 Å². The molecule has 0 aromatic heterocycles. The molecule has 0 radical (unpaired) electrons. The minimum Gasteiger partial charge on any atom is -0.381 e. The third-order valence-electron chi connectivity index (χ3n) is 2.02. The van der Waals surface area contributed by atoms with Gasteiger partial charge in [-0.25, -0.2) is 0 Å². The van der Waals surface area contributed by atoms with Gasteiger partial charge in [0.05, 0.1) is 6.54 Å². The summed E-state index contributed by atoms with van der Waals surface area (Å²) in [6.45, 7) is 8.92. The van der Waals surface area contributed by atoms with Gasteiger partial charge in [0.25, 0.3) is 0 Å². The summed E-state index contributed by atoms with van der Waals surface area (Å²) in [7, 11) is 0. The number of nitrogens with one attached hydrogen (secondary N) is 2. The Balaban J connectivity index is 3.11. The van der Waals surface area contributed by atoms with Gasteiger partial charge in [-0.1, -0.05) is 13.3 Å². The van der Waals surface area contributed by atoms with Crippen molar-refractivity contribution in [2.45, 2.75) is 46.1 Å².